The van der Waals surface area contributed by atoms with Gasteiger partial charge in [0.25, 0.3) is 0 Å². The number of hydrogen-bond acceptors (Lipinski definition) is 4. The van der Waals surface area contributed by atoms with Gasteiger partial charge in [0.1, 0.15) is 0 Å². The van der Waals surface area contributed by atoms with Crippen LogP contribution in [0.15, 0.2) is 0 Å². The summed E-state index contributed by atoms with van der Waals surface area (Å²) in [5, 5.41) is 3.46. The Hall–Kier alpha value is -0.160. The second kappa shape index (κ2) is 10.6. The summed E-state index contributed by atoms with van der Waals surface area (Å²) in [4.78, 5) is 0. The van der Waals surface area contributed by atoms with Crippen LogP contribution in [-0.4, -0.2) is 25.8 Å². The quantitative estimate of drug-likeness (QED) is 0.322. The van der Waals surface area contributed by atoms with Crippen molar-refractivity contribution < 1.29 is 0 Å². The first-order valence-corrected chi connectivity index (χ1v) is 7.80. The molecule has 0 bridgehead atoms. The molecule has 19 heavy (non-hydrogen) atoms. The second-order valence-electron chi connectivity index (χ2n) is 6.68. The molecule has 0 heterocycles. The third-order valence-corrected chi connectivity index (χ3v) is 3.62. The monoisotopic (exact) mass is 272 g/mol. The minimum absolute atomic E-state index is 0.113. The Bertz CT molecular complexity index is 206. The fourth-order valence-corrected chi connectivity index (χ4v) is 2.60. The summed E-state index contributed by atoms with van der Waals surface area (Å²) >= 11 is 0. The van der Waals surface area contributed by atoms with Gasteiger partial charge in [-0.3, -0.25) is 0 Å². The molecule has 116 valence electrons. The fraction of sp³-hybridized carbons (Fsp3) is 1.00. The molecule has 2 unspecified atom stereocenters. The highest BCUT2D eigenvalue weighted by Crippen LogP contribution is 2.26. The third-order valence-electron chi connectivity index (χ3n) is 3.62. The number of unbranched alkanes of at least 4 members (excludes halogenated alkanes) is 2. The average Bonchev–Trinajstić information content (AvgIpc) is 2.32. The topological polar surface area (TPSA) is 90.1 Å². The van der Waals surface area contributed by atoms with Crippen LogP contribution in [0.25, 0.3) is 0 Å². The highest BCUT2D eigenvalue weighted by atomic mass is 15.0. The van der Waals surface area contributed by atoms with E-state index >= 15 is 0 Å². The third kappa shape index (κ3) is 11.4. The first-order chi connectivity index (χ1) is 8.91. The van der Waals surface area contributed by atoms with Gasteiger partial charge in [0, 0.05) is 6.54 Å². The molecule has 0 aromatic rings. The summed E-state index contributed by atoms with van der Waals surface area (Å²) in [7, 11) is 0. The molecule has 2 atom stereocenters. The lowest BCUT2D eigenvalue weighted by atomic mass is 9.82. The lowest BCUT2D eigenvalue weighted by Crippen LogP contribution is -2.43. The molecule has 0 fully saturated rings. The predicted octanol–water partition coefficient (Wildman–Crippen LogP) is 1.78. The SMILES string of the molecule is CC(CCN)CC(C)(C)CNC(N)CCCCCN. The Morgan fingerprint density at radius 3 is 2.26 bits per heavy atom. The van der Waals surface area contributed by atoms with Crippen LogP contribution < -0.4 is 22.5 Å². The van der Waals surface area contributed by atoms with Gasteiger partial charge >= 0.3 is 0 Å². The zero-order valence-electron chi connectivity index (χ0n) is 13.3. The van der Waals surface area contributed by atoms with Gasteiger partial charge in [-0.2, -0.15) is 0 Å². The standard InChI is InChI=1S/C15H36N4/c1-13(8-10-17)11-15(2,3)12-19-14(18)7-5-4-6-9-16/h13-14,19H,4-12,16-18H2,1-3H3. The number of rotatable bonds is 12. The average molecular weight is 272 g/mol. The van der Waals surface area contributed by atoms with Gasteiger partial charge in [-0.15, -0.1) is 0 Å². The molecule has 0 rings (SSSR count). The summed E-state index contributed by atoms with van der Waals surface area (Å²) in [6.07, 6.45) is 6.90. The number of nitrogens with two attached hydrogens (primary N) is 3. The molecule has 7 N–H and O–H groups in total. The van der Waals surface area contributed by atoms with Crippen molar-refractivity contribution in [2.24, 2.45) is 28.5 Å². The summed E-state index contributed by atoms with van der Waals surface area (Å²) < 4.78 is 0. The van der Waals surface area contributed by atoms with Gasteiger partial charge in [0.05, 0.1) is 6.17 Å². The molecular formula is C15H36N4. The van der Waals surface area contributed by atoms with Gasteiger partial charge in [-0.05, 0) is 50.1 Å². The number of nitrogens with one attached hydrogen (secondary N) is 1. The van der Waals surface area contributed by atoms with E-state index in [0.29, 0.717) is 5.92 Å². The summed E-state index contributed by atoms with van der Waals surface area (Å²) in [5.41, 5.74) is 17.5. The fourth-order valence-electron chi connectivity index (χ4n) is 2.60. The predicted molar refractivity (Wildman–Crippen MR) is 84.7 cm³/mol. The summed E-state index contributed by atoms with van der Waals surface area (Å²) in [6.45, 7) is 9.42. The molecule has 0 aliphatic carbocycles. The van der Waals surface area contributed by atoms with Gasteiger partial charge in [-0.1, -0.05) is 33.6 Å². The lowest BCUT2D eigenvalue weighted by molar-refractivity contribution is 0.245. The van der Waals surface area contributed by atoms with Crippen molar-refractivity contribution >= 4 is 0 Å². The molecule has 0 amide bonds. The number of hydrogen-bond donors (Lipinski definition) is 4. The molecule has 0 saturated carbocycles. The molecule has 0 radical (unpaired) electrons. The molecule has 0 aromatic carbocycles. The van der Waals surface area contributed by atoms with E-state index in [4.69, 9.17) is 17.2 Å². The van der Waals surface area contributed by atoms with E-state index in [1.165, 1.54) is 12.8 Å². The van der Waals surface area contributed by atoms with Crippen molar-refractivity contribution in [2.45, 2.75) is 65.5 Å². The van der Waals surface area contributed by atoms with Crippen LogP contribution in [0.3, 0.4) is 0 Å². The van der Waals surface area contributed by atoms with Crippen LogP contribution in [-0.2, 0) is 0 Å². The van der Waals surface area contributed by atoms with Crippen LogP contribution in [0.5, 0.6) is 0 Å². The Balaban J connectivity index is 3.76. The Kier molecular flexibility index (Phi) is 10.5. The summed E-state index contributed by atoms with van der Waals surface area (Å²) in [5.74, 6) is 0.683. The maximum Gasteiger partial charge on any atom is 0.0546 e. The van der Waals surface area contributed by atoms with E-state index in [2.05, 4.69) is 26.1 Å². The first kappa shape index (κ1) is 18.8. The zero-order valence-corrected chi connectivity index (χ0v) is 13.3. The van der Waals surface area contributed by atoms with Crippen LogP contribution in [0.2, 0.25) is 0 Å². The van der Waals surface area contributed by atoms with Gasteiger partial charge in [0.15, 0.2) is 0 Å². The molecule has 0 spiro atoms. The molecule has 4 heteroatoms. The van der Waals surface area contributed by atoms with Gasteiger partial charge < -0.3 is 22.5 Å². The van der Waals surface area contributed by atoms with Gasteiger partial charge in [-0.25, -0.2) is 0 Å². The molecule has 0 aromatic heterocycles. The Labute approximate surface area is 119 Å². The normalized spacial score (nSPS) is 15.5. The first-order valence-electron chi connectivity index (χ1n) is 7.80. The van der Waals surface area contributed by atoms with Crippen LogP contribution in [0, 0.1) is 11.3 Å². The van der Waals surface area contributed by atoms with Crippen molar-refractivity contribution in [3.8, 4) is 0 Å². The highest BCUT2D eigenvalue weighted by Gasteiger charge is 2.21. The molecule has 4 nitrogen and oxygen atoms in total. The maximum atomic E-state index is 6.09. The van der Waals surface area contributed by atoms with Crippen LogP contribution in [0.1, 0.15) is 59.3 Å². The minimum atomic E-state index is 0.113. The van der Waals surface area contributed by atoms with Crippen molar-refractivity contribution in [1.29, 1.82) is 0 Å². The van der Waals surface area contributed by atoms with Gasteiger partial charge in [0.2, 0.25) is 0 Å². The van der Waals surface area contributed by atoms with Crippen molar-refractivity contribution in [3.63, 3.8) is 0 Å². The second-order valence-corrected chi connectivity index (χ2v) is 6.68. The van der Waals surface area contributed by atoms with Crippen molar-refractivity contribution in [1.82, 2.24) is 5.32 Å². The smallest absolute Gasteiger partial charge is 0.0546 e. The maximum absolute atomic E-state index is 6.09. The van der Waals surface area contributed by atoms with Crippen LogP contribution in [0.4, 0.5) is 0 Å². The largest absolute Gasteiger partial charge is 0.330 e. The van der Waals surface area contributed by atoms with E-state index < -0.39 is 0 Å². The lowest BCUT2D eigenvalue weighted by Gasteiger charge is -2.30. The molecule has 0 saturated heterocycles. The Morgan fingerprint density at radius 1 is 1.00 bits per heavy atom. The van der Waals surface area contributed by atoms with E-state index in [9.17, 15) is 0 Å². The highest BCUT2D eigenvalue weighted by molar-refractivity contribution is 4.76. The van der Waals surface area contributed by atoms with Crippen molar-refractivity contribution in [3.05, 3.63) is 0 Å². The summed E-state index contributed by atoms with van der Waals surface area (Å²) in [6, 6.07) is 0. The molecular weight excluding hydrogens is 236 g/mol. The van der Waals surface area contributed by atoms with E-state index in [-0.39, 0.29) is 11.6 Å². The van der Waals surface area contributed by atoms with E-state index in [1.54, 1.807) is 0 Å². The van der Waals surface area contributed by atoms with E-state index in [0.717, 1.165) is 45.3 Å². The van der Waals surface area contributed by atoms with Crippen LogP contribution >= 0.6 is 0 Å². The molecule has 0 aliphatic heterocycles. The minimum Gasteiger partial charge on any atom is -0.330 e. The van der Waals surface area contributed by atoms with Crippen molar-refractivity contribution in [2.75, 3.05) is 19.6 Å². The zero-order chi connectivity index (χ0) is 14.7. The Morgan fingerprint density at radius 2 is 1.68 bits per heavy atom. The van der Waals surface area contributed by atoms with E-state index in [1.807, 2.05) is 0 Å². The molecule has 0 aliphatic rings.